The standard InChI is InChI=1S/C35H42FN3O3/c1-24(2)34-29-15-14-28(36)21-27(29)16-17-35(34,42-33(40)23-41-5)18-19-38(3)22-26-12-10-25(11-13-26)20-32-37-30-8-6-7-9-31(30)39(32)4/h6-15,21,24,34H,16-20,22-23H2,1-5H3/t34-,35-/m0/s1. The van der Waals surface area contributed by atoms with Crippen molar-refractivity contribution in [2.45, 2.75) is 57.6 Å². The van der Waals surface area contributed by atoms with Crippen molar-refractivity contribution >= 4 is 17.0 Å². The Morgan fingerprint density at radius 1 is 1.12 bits per heavy atom. The summed E-state index contributed by atoms with van der Waals surface area (Å²) in [6.07, 6.45) is 2.79. The number of hydrogen-bond donors (Lipinski definition) is 0. The molecular weight excluding hydrogens is 529 g/mol. The van der Waals surface area contributed by atoms with Crippen molar-refractivity contribution in [3.05, 3.63) is 101 Å². The lowest BCUT2D eigenvalue weighted by molar-refractivity contribution is -0.172. The van der Waals surface area contributed by atoms with Gasteiger partial charge in [-0.25, -0.2) is 14.2 Å². The molecule has 0 aliphatic heterocycles. The molecule has 2 atom stereocenters. The van der Waals surface area contributed by atoms with Gasteiger partial charge in [-0.05, 0) is 72.3 Å². The van der Waals surface area contributed by atoms with E-state index in [4.69, 9.17) is 14.5 Å². The van der Waals surface area contributed by atoms with Crippen LogP contribution >= 0.6 is 0 Å². The Labute approximate surface area is 248 Å². The second kappa shape index (κ2) is 12.8. The molecule has 1 aliphatic rings. The van der Waals surface area contributed by atoms with Gasteiger partial charge < -0.3 is 18.9 Å². The summed E-state index contributed by atoms with van der Waals surface area (Å²) in [5, 5.41) is 0. The molecule has 5 rings (SSSR count). The molecule has 0 bridgehead atoms. The molecule has 0 spiro atoms. The largest absolute Gasteiger partial charge is 0.457 e. The van der Waals surface area contributed by atoms with Crippen molar-refractivity contribution in [2.24, 2.45) is 13.0 Å². The van der Waals surface area contributed by atoms with Gasteiger partial charge >= 0.3 is 5.97 Å². The predicted molar refractivity (Wildman–Crippen MR) is 164 cm³/mol. The van der Waals surface area contributed by atoms with Gasteiger partial charge in [-0.15, -0.1) is 0 Å². The number of benzene rings is 3. The summed E-state index contributed by atoms with van der Waals surface area (Å²) in [6, 6.07) is 22.0. The van der Waals surface area contributed by atoms with E-state index in [9.17, 15) is 9.18 Å². The number of rotatable bonds is 11. The third kappa shape index (κ3) is 6.42. The van der Waals surface area contributed by atoms with E-state index >= 15 is 0 Å². The Balaban J connectivity index is 1.28. The van der Waals surface area contributed by atoms with Crippen LogP contribution < -0.4 is 0 Å². The van der Waals surface area contributed by atoms with Crippen LogP contribution in [0, 0.1) is 11.7 Å². The summed E-state index contributed by atoms with van der Waals surface area (Å²) < 4.78 is 27.6. The molecule has 1 aliphatic carbocycles. The van der Waals surface area contributed by atoms with Gasteiger partial charge in [0.1, 0.15) is 23.8 Å². The highest BCUT2D eigenvalue weighted by molar-refractivity contribution is 5.75. The molecule has 1 heterocycles. The number of aryl methyl sites for hydroxylation is 2. The fourth-order valence-electron chi connectivity index (χ4n) is 6.74. The molecule has 7 heteroatoms. The Kier molecular flexibility index (Phi) is 9.09. The predicted octanol–water partition coefficient (Wildman–Crippen LogP) is 6.44. The first kappa shape index (κ1) is 29.9. The Morgan fingerprint density at radius 2 is 1.86 bits per heavy atom. The topological polar surface area (TPSA) is 56.6 Å². The molecule has 0 fully saturated rings. The molecule has 0 radical (unpaired) electrons. The van der Waals surface area contributed by atoms with Crippen LogP contribution in [0.4, 0.5) is 4.39 Å². The number of ether oxygens (including phenoxy) is 2. The number of nitrogens with zero attached hydrogens (tertiary/aromatic N) is 3. The second-order valence-corrected chi connectivity index (χ2v) is 12.1. The zero-order chi connectivity index (χ0) is 29.9. The van der Waals surface area contributed by atoms with E-state index in [0.717, 1.165) is 47.5 Å². The Hall–Kier alpha value is -3.55. The molecule has 42 heavy (non-hydrogen) atoms. The maximum atomic E-state index is 14.1. The van der Waals surface area contributed by atoms with Crippen LogP contribution in [0.2, 0.25) is 0 Å². The average Bonchev–Trinajstić information content (AvgIpc) is 3.27. The van der Waals surface area contributed by atoms with Gasteiger partial charge in [0.15, 0.2) is 0 Å². The number of halogens is 1. The van der Waals surface area contributed by atoms with Crippen molar-refractivity contribution in [3.8, 4) is 0 Å². The number of hydrogen-bond acceptors (Lipinski definition) is 5. The third-order valence-corrected chi connectivity index (χ3v) is 8.70. The summed E-state index contributed by atoms with van der Waals surface area (Å²) in [5.74, 6) is 0.648. The van der Waals surface area contributed by atoms with Crippen molar-refractivity contribution < 1.29 is 18.7 Å². The van der Waals surface area contributed by atoms with Gasteiger partial charge in [0.2, 0.25) is 0 Å². The van der Waals surface area contributed by atoms with E-state index in [1.165, 1.54) is 24.3 Å². The van der Waals surface area contributed by atoms with Gasteiger partial charge in [0, 0.05) is 46.0 Å². The SMILES string of the molecule is COCC(=O)O[C@]1(CCN(C)Cc2ccc(Cc3nc4ccccc4n3C)cc2)CCc2cc(F)ccc2[C@@H]1C(C)C. The number of para-hydroxylation sites is 2. The van der Waals surface area contributed by atoms with Crippen LogP contribution in [-0.2, 0) is 40.7 Å². The summed E-state index contributed by atoms with van der Waals surface area (Å²) in [4.78, 5) is 19.9. The van der Waals surface area contributed by atoms with Crippen LogP contribution in [0.5, 0.6) is 0 Å². The first-order valence-corrected chi connectivity index (χ1v) is 14.8. The summed E-state index contributed by atoms with van der Waals surface area (Å²) in [6.45, 7) is 5.76. The lowest BCUT2D eigenvalue weighted by Gasteiger charge is -2.47. The lowest BCUT2D eigenvalue weighted by atomic mass is 9.65. The maximum absolute atomic E-state index is 14.1. The number of carbonyl (C=O) groups excluding carboxylic acids is 1. The molecule has 0 N–H and O–H groups in total. The zero-order valence-corrected chi connectivity index (χ0v) is 25.4. The highest BCUT2D eigenvalue weighted by Crippen LogP contribution is 2.48. The molecule has 4 aromatic rings. The van der Waals surface area contributed by atoms with Crippen LogP contribution in [-0.4, -0.2) is 53.3 Å². The molecule has 1 aromatic heterocycles. The van der Waals surface area contributed by atoms with Crippen molar-refractivity contribution in [1.82, 2.24) is 14.5 Å². The van der Waals surface area contributed by atoms with E-state index < -0.39 is 5.60 Å². The maximum Gasteiger partial charge on any atom is 0.332 e. The zero-order valence-electron chi connectivity index (χ0n) is 25.4. The van der Waals surface area contributed by atoms with Gasteiger partial charge in [-0.3, -0.25) is 0 Å². The normalized spacial score (nSPS) is 18.5. The lowest BCUT2D eigenvalue weighted by Crippen LogP contribution is -2.49. The molecule has 3 aromatic carbocycles. The molecule has 0 amide bonds. The van der Waals surface area contributed by atoms with E-state index in [1.807, 2.05) is 18.2 Å². The van der Waals surface area contributed by atoms with E-state index in [-0.39, 0.29) is 30.2 Å². The first-order valence-electron chi connectivity index (χ1n) is 14.8. The van der Waals surface area contributed by atoms with E-state index in [1.54, 1.807) is 6.07 Å². The smallest absolute Gasteiger partial charge is 0.332 e. The number of esters is 1. The fraction of sp³-hybridized carbons (Fsp3) is 0.429. The summed E-state index contributed by atoms with van der Waals surface area (Å²) >= 11 is 0. The van der Waals surface area contributed by atoms with Crippen LogP contribution in [0.1, 0.15) is 60.7 Å². The summed E-state index contributed by atoms with van der Waals surface area (Å²) in [7, 11) is 5.68. The number of fused-ring (bicyclic) bond motifs is 2. The Bertz CT molecular complexity index is 1530. The quantitative estimate of drug-likeness (QED) is 0.194. The molecule has 6 nitrogen and oxygen atoms in total. The molecule has 0 unspecified atom stereocenters. The minimum Gasteiger partial charge on any atom is -0.457 e. The molecule has 0 saturated heterocycles. The monoisotopic (exact) mass is 571 g/mol. The van der Waals surface area contributed by atoms with Crippen LogP contribution in [0.3, 0.4) is 0 Å². The van der Waals surface area contributed by atoms with Gasteiger partial charge in [0.05, 0.1) is 11.0 Å². The highest BCUT2D eigenvalue weighted by atomic mass is 19.1. The number of imidazole rings is 1. The van der Waals surface area contributed by atoms with Gasteiger partial charge in [-0.1, -0.05) is 56.3 Å². The molecule has 0 saturated carbocycles. The average molecular weight is 572 g/mol. The Morgan fingerprint density at radius 3 is 2.57 bits per heavy atom. The van der Waals surface area contributed by atoms with Crippen molar-refractivity contribution in [1.29, 1.82) is 0 Å². The number of aromatic nitrogens is 2. The van der Waals surface area contributed by atoms with Gasteiger partial charge in [-0.2, -0.15) is 0 Å². The van der Waals surface area contributed by atoms with Crippen LogP contribution in [0.25, 0.3) is 11.0 Å². The van der Waals surface area contributed by atoms with E-state index in [0.29, 0.717) is 19.3 Å². The summed E-state index contributed by atoms with van der Waals surface area (Å²) in [5.41, 5.74) is 6.03. The molecular formula is C35H42FN3O3. The number of carbonyl (C=O) groups is 1. The minimum absolute atomic E-state index is 0.0295. The minimum atomic E-state index is -0.682. The van der Waals surface area contributed by atoms with Gasteiger partial charge in [0.25, 0.3) is 0 Å². The van der Waals surface area contributed by atoms with Crippen LogP contribution in [0.15, 0.2) is 66.7 Å². The van der Waals surface area contributed by atoms with Crippen molar-refractivity contribution in [2.75, 3.05) is 27.3 Å². The van der Waals surface area contributed by atoms with E-state index in [2.05, 4.69) is 73.8 Å². The third-order valence-electron chi connectivity index (χ3n) is 8.70. The number of methoxy groups -OCH3 is 1. The first-order chi connectivity index (χ1) is 20.2. The highest BCUT2D eigenvalue weighted by Gasteiger charge is 2.47. The fourth-order valence-corrected chi connectivity index (χ4v) is 6.74. The molecule has 222 valence electrons. The second-order valence-electron chi connectivity index (χ2n) is 12.1. The van der Waals surface area contributed by atoms with Crippen molar-refractivity contribution in [3.63, 3.8) is 0 Å².